The highest BCUT2D eigenvalue weighted by atomic mass is 32.2. The summed E-state index contributed by atoms with van der Waals surface area (Å²) < 4.78 is 13.1. The van der Waals surface area contributed by atoms with Gasteiger partial charge in [0.15, 0.2) is 0 Å². The summed E-state index contributed by atoms with van der Waals surface area (Å²) in [6, 6.07) is 5.95. The minimum atomic E-state index is -0.845. The van der Waals surface area contributed by atoms with Gasteiger partial charge in [-0.05, 0) is 43.4 Å². The molecule has 0 amide bonds. The molecular weight excluding hydrogens is 443 g/mol. The Labute approximate surface area is 201 Å². The molecule has 5 nitrogen and oxygen atoms in total. The summed E-state index contributed by atoms with van der Waals surface area (Å²) >= 11 is 1.52. The molecule has 186 valence electrons. The van der Waals surface area contributed by atoms with E-state index in [9.17, 15) is 29.3 Å². The van der Waals surface area contributed by atoms with Crippen molar-refractivity contribution in [2.75, 3.05) is 5.75 Å². The topological polar surface area (TPSA) is 94.8 Å². The molecule has 0 aliphatic heterocycles. The average Bonchev–Trinajstić information content (AvgIpc) is 3.04. The molecule has 1 saturated carbocycles. The van der Waals surface area contributed by atoms with Crippen LogP contribution in [-0.2, 0) is 16.0 Å². The Morgan fingerprint density at radius 1 is 1.12 bits per heavy atom. The van der Waals surface area contributed by atoms with Gasteiger partial charge in [0.1, 0.15) is 11.6 Å². The smallest absolute Gasteiger partial charge is 0.306 e. The maximum atomic E-state index is 13.1. The van der Waals surface area contributed by atoms with Crippen LogP contribution in [0.1, 0.15) is 76.7 Å². The van der Waals surface area contributed by atoms with Gasteiger partial charge in [0.25, 0.3) is 0 Å². The number of aliphatic hydroxyl groups excluding tert-OH is 2. The van der Waals surface area contributed by atoms with Crippen LogP contribution in [0, 0.1) is 17.7 Å². The number of benzene rings is 1. The van der Waals surface area contributed by atoms with Gasteiger partial charge in [-0.15, -0.1) is 0 Å². The van der Waals surface area contributed by atoms with Crippen LogP contribution in [0.2, 0.25) is 0 Å². The van der Waals surface area contributed by atoms with Crippen molar-refractivity contribution in [3.63, 3.8) is 0 Å². The van der Waals surface area contributed by atoms with Crippen LogP contribution in [0.4, 0.5) is 4.39 Å². The highest BCUT2D eigenvalue weighted by molar-refractivity contribution is 8.00. The molecular formula is C26H39FO5S. The molecule has 33 heavy (non-hydrogen) atoms. The number of aliphatic hydroxyl groups is 2. The first-order valence-electron chi connectivity index (χ1n) is 12.3. The van der Waals surface area contributed by atoms with E-state index < -0.39 is 24.1 Å². The number of hydrogen-bond acceptors (Lipinski definition) is 5. The molecule has 1 fully saturated rings. The number of thioether (sulfide) groups is 1. The third-order valence-corrected chi connectivity index (χ3v) is 8.14. The van der Waals surface area contributed by atoms with Crippen molar-refractivity contribution < 1.29 is 29.3 Å². The van der Waals surface area contributed by atoms with E-state index in [0.717, 1.165) is 50.5 Å². The molecule has 0 heterocycles. The third-order valence-electron chi connectivity index (χ3n) is 6.53. The van der Waals surface area contributed by atoms with Gasteiger partial charge < -0.3 is 15.3 Å². The first kappa shape index (κ1) is 27.8. The maximum absolute atomic E-state index is 13.1. The molecule has 3 N–H and O–H groups in total. The summed E-state index contributed by atoms with van der Waals surface area (Å²) in [6.07, 6.45) is 7.07. The Morgan fingerprint density at radius 3 is 2.48 bits per heavy atom. The van der Waals surface area contributed by atoms with Gasteiger partial charge in [0.2, 0.25) is 0 Å². The molecule has 0 radical (unpaired) electrons. The number of carboxylic acids is 1. The number of carbonyl (C=O) groups excluding carboxylic acids is 1. The lowest BCUT2D eigenvalue weighted by molar-refractivity contribution is -0.142. The van der Waals surface area contributed by atoms with Gasteiger partial charge in [0.05, 0.1) is 18.1 Å². The molecule has 2 rings (SSSR count). The zero-order valence-electron chi connectivity index (χ0n) is 19.6. The summed E-state index contributed by atoms with van der Waals surface area (Å²) in [7, 11) is 0. The first-order chi connectivity index (χ1) is 15.8. The Balaban J connectivity index is 1.73. The summed E-state index contributed by atoms with van der Waals surface area (Å²) in [6.45, 7) is 2.12. The number of Topliss-reactive ketones (excluding diaryl/α,β-unsaturated/α-hetero) is 1. The number of hydrogen-bond donors (Lipinski definition) is 3. The monoisotopic (exact) mass is 482 g/mol. The number of carboxylic acid groups (broad SMARTS) is 1. The van der Waals surface area contributed by atoms with Crippen molar-refractivity contribution in [1.82, 2.24) is 0 Å². The number of carbonyl (C=O) groups is 2. The molecule has 0 spiro atoms. The number of aliphatic carboxylic acids is 1. The summed E-state index contributed by atoms with van der Waals surface area (Å²) in [5, 5.41) is 29.9. The van der Waals surface area contributed by atoms with Gasteiger partial charge in [0, 0.05) is 23.3 Å². The lowest BCUT2D eigenvalue weighted by Crippen LogP contribution is -2.26. The first-order valence-corrected chi connectivity index (χ1v) is 13.3. The molecule has 1 aliphatic carbocycles. The number of ketones is 1. The van der Waals surface area contributed by atoms with Crippen molar-refractivity contribution in [2.45, 2.75) is 95.0 Å². The minimum absolute atomic E-state index is 0.0974. The predicted octanol–water partition coefficient (Wildman–Crippen LogP) is 5.01. The van der Waals surface area contributed by atoms with Crippen LogP contribution in [0.25, 0.3) is 0 Å². The fourth-order valence-electron chi connectivity index (χ4n) is 4.56. The van der Waals surface area contributed by atoms with Crippen LogP contribution < -0.4 is 0 Å². The highest BCUT2D eigenvalue weighted by Gasteiger charge is 2.41. The lowest BCUT2D eigenvalue weighted by Gasteiger charge is -2.22. The normalized spacial score (nSPS) is 22.4. The zero-order valence-corrected chi connectivity index (χ0v) is 20.4. The Bertz CT molecular complexity index is 726. The molecule has 3 unspecified atom stereocenters. The minimum Gasteiger partial charge on any atom is -0.481 e. The van der Waals surface area contributed by atoms with Gasteiger partial charge in [-0.2, -0.15) is 11.8 Å². The SMILES string of the molecule is CCCCCC(O)CS[C@H]1C(O)CC(=O)[C@@H]1CCCCCC(Cc1ccc(F)cc1)C(=O)O. The quantitative estimate of drug-likeness (QED) is 0.287. The van der Waals surface area contributed by atoms with Gasteiger partial charge >= 0.3 is 5.97 Å². The standard InChI is InChI=1S/C26H39FO5S/c1-2-3-5-9-21(28)17-33-25-22(23(29)16-24(25)30)10-7-4-6-8-19(26(31)32)15-18-11-13-20(27)14-12-18/h11-14,19,21-22,24-25,28,30H,2-10,15-17H2,1H3,(H,31,32)/t19?,21?,22-,24?,25+/m0/s1. The molecule has 7 heteroatoms. The number of rotatable bonds is 16. The molecule has 1 aliphatic rings. The van der Waals surface area contributed by atoms with Crippen molar-refractivity contribution in [1.29, 1.82) is 0 Å². The molecule has 0 saturated heterocycles. The number of unbranched alkanes of at least 4 members (excludes halogenated alkanes) is 4. The Hall–Kier alpha value is -1.44. The average molecular weight is 483 g/mol. The fraction of sp³-hybridized carbons (Fsp3) is 0.692. The fourth-order valence-corrected chi connectivity index (χ4v) is 6.01. The number of halogens is 1. The van der Waals surface area contributed by atoms with E-state index in [1.807, 2.05) is 0 Å². The van der Waals surface area contributed by atoms with Crippen molar-refractivity contribution >= 4 is 23.5 Å². The summed E-state index contributed by atoms with van der Waals surface area (Å²) in [5.41, 5.74) is 0.811. The van der Waals surface area contributed by atoms with E-state index in [1.54, 1.807) is 12.1 Å². The largest absolute Gasteiger partial charge is 0.481 e. The van der Waals surface area contributed by atoms with Crippen molar-refractivity contribution in [3.8, 4) is 0 Å². The van der Waals surface area contributed by atoms with Crippen LogP contribution >= 0.6 is 11.8 Å². The maximum Gasteiger partial charge on any atom is 0.306 e. The van der Waals surface area contributed by atoms with E-state index in [4.69, 9.17) is 0 Å². The zero-order chi connectivity index (χ0) is 24.2. The third kappa shape index (κ3) is 9.75. The van der Waals surface area contributed by atoms with Crippen LogP contribution in [0.15, 0.2) is 24.3 Å². The van der Waals surface area contributed by atoms with Gasteiger partial charge in [-0.3, -0.25) is 9.59 Å². The second-order valence-electron chi connectivity index (χ2n) is 9.30. The van der Waals surface area contributed by atoms with Crippen molar-refractivity contribution in [3.05, 3.63) is 35.6 Å². The highest BCUT2D eigenvalue weighted by Crippen LogP contribution is 2.37. The van der Waals surface area contributed by atoms with E-state index in [0.29, 0.717) is 25.0 Å². The molecule has 0 aromatic heterocycles. The van der Waals surface area contributed by atoms with Crippen LogP contribution in [0.5, 0.6) is 0 Å². The molecule has 1 aromatic rings. The van der Waals surface area contributed by atoms with Gasteiger partial charge in [-0.25, -0.2) is 4.39 Å². The molecule has 5 atom stereocenters. The summed E-state index contributed by atoms with van der Waals surface area (Å²) in [5.74, 6) is -1.24. The second-order valence-corrected chi connectivity index (χ2v) is 10.5. The van der Waals surface area contributed by atoms with E-state index in [1.165, 1.54) is 23.9 Å². The second kappa shape index (κ2) is 14.7. The van der Waals surface area contributed by atoms with Crippen LogP contribution in [-0.4, -0.2) is 50.3 Å². The van der Waals surface area contributed by atoms with E-state index in [-0.39, 0.29) is 29.2 Å². The predicted molar refractivity (Wildman–Crippen MR) is 130 cm³/mol. The molecule has 0 bridgehead atoms. The van der Waals surface area contributed by atoms with Crippen LogP contribution in [0.3, 0.4) is 0 Å². The summed E-state index contributed by atoms with van der Waals surface area (Å²) in [4.78, 5) is 24.0. The Morgan fingerprint density at radius 2 is 1.82 bits per heavy atom. The van der Waals surface area contributed by atoms with E-state index in [2.05, 4.69) is 6.92 Å². The van der Waals surface area contributed by atoms with Gasteiger partial charge in [-0.1, -0.05) is 57.6 Å². The Kier molecular flexibility index (Phi) is 12.4. The van der Waals surface area contributed by atoms with Crippen molar-refractivity contribution in [2.24, 2.45) is 11.8 Å². The van der Waals surface area contributed by atoms with E-state index >= 15 is 0 Å². The molecule has 1 aromatic carbocycles. The lowest BCUT2D eigenvalue weighted by atomic mass is 9.92.